The maximum absolute atomic E-state index is 4.87. The minimum Gasteiger partial charge on any atom is -0.365 e. The van der Waals surface area contributed by atoms with Crippen molar-refractivity contribution in [1.29, 1.82) is 0 Å². The number of pyridine rings is 3. The molecule has 7 nitrogen and oxygen atoms in total. The quantitative estimate of drug-likeness (QED) is 0.570. The van der Waals surface area contributed by atoms with Gasteiger partial charge in [-0.3, -0.25) is 9.97 Å². The fraction of sp³-hybridized carbons (Fsp3) is 0.318. The van der Waals surface area contributed by atoms with Crippen LogP contribution in [0, 0.1) is 6.92 Å². The SMILES string of the molecule is Cc1cccc(-c2n[nH]nc2-c2ccc3ncc(N4CCCC4(C)C)cc3n2)n1. The highest BCUT2D eigenvalue weighted by Gasteiger charge is 2.32. The Labute approximate surface area is 169 Å². The summed E-state index contributed by atoms with van der Waals surface area (Å²) >= 11 is 0. The molecule has 0 bridgehead atoms. The van der Waals surface area contributed by atoms with Crippen LogP contribution < -0.4 is 4.90 Å². The number of fused-ring (bicyclic) bond motifs is 1. The van der Waals surface area contributed by atoms with Crippen LogP contribution in [0.5, 0.6) is 0 Å². The van der Waals surface area contributed by atoms with Crippen LogP contribution in [0.3, 0.4) is 0 Å². The molecule has 4 aromatic rings. The summed E-state index contributed by atoms with van der Waals surface area (Å²) in [6.07, 6.45) is 4.34. The molecule has 29 heavy (non-hydrogen) atoms. The summed E-state index contributed by atoms with van der Waals surface area (Å²) in [4.78, 5) is 16.5. The Morgan fingerprint density at radius 3 is 2.48 bits per heavy atom. The molecule has 1 N–H and O–H groups in total. The predicted molar refractivity (Wildman–Crippen MR) is 114 cm³/mol. The number of nitrogens with zero attached hydrogens (tertiary/aromatic N) is 6. The van der Waals surface area contributed by atoms with Crippen LogP contribution >= 0.6 is 0 Å². The first kappa shape index (κ1) is 17.7. The van der Waals surface area contributed by atoms with Crippen LogP contribution in [-0.4, -0.2) is 42.4 Å². The second kappa shape index (κ2) is 6.62. The van der Waals surface area contributed by atoms with Crippen LogP contribution in [0.15, 0.2) is 42.6 Å². The van der Waals surface area contributed by atoms with Gasteiger partial charge in [-0.1, -0.05) is 6.07 Å². The van der Waals surface area contributed by atoms with Crippen molar-refractivity contribution in [2.24, 2.45) is 0 Å². The number of hydrogen-bond donors (Lipinski definition) is 1. The Morgan fingerprint density at radius 1 is 0.966 bits per heavy atom. The highest BCUT2D eigenvalue weighted by molar-refractivity contribution is 5.83. The van der Waals surface area contributed by atoms with Crippen molar-refractivity contribution in [3.63, 3.8) is 0 Å². The van der Waals surface area contributed by atoms with Gasteiger partial charge in [0.05, 0.1) is 34.3 Å². The van der Waals surface area contributed by atoms with E-state index in [1.165, 1.54) is 12.8 Å². The third kappa shape index (κ3) is 3.12. The second-order valence-electron chi connectivity index (χ2n) is 8.18. The fourth-order valence-electron chi connectivity index (χ4n) is 4.12. The molecule has 0 aliphatic carbocycles. The van der Waals surface area contributed by atoms with E-state index in [0.29, 0.717) is 11.4 Å². The van der Waals surface area contributed by atoms with Gasteiger partial charge in [0.15, 0.2) is 0 Å². The topological polar surface area (TPSA) is 83.5 Å². The summed E-state index contributed by atoms with van der Waals surface area (Å²) in [7, 11) is 0. The monoisotopic (exact) mass is 385 g/mol. The van der Waals surface area contributed by atoms with Crippen LogP contribution in [0.25, 0.3) is 33.8 Å². The molecule has 0 radical (unpaired) electrons. The smallest absolute Gasteiger partial charge is 0.140 e. The largest absolute Gasteiger partial charge is 0.365 e. The fourth-order valence-corrected chi connectivity index (χ4v) is 4.12. The molecule has 5 heterocycles. The van der Waals surface area contributed by atoms with Crippen LogP contribution in [0.1, 0.15) is 32.4 Å². The van der Waals surface area contributed by atoms with Crippen molar-refractivity contribution in [2.75, 3.05) is 11.4 Å². The zero-order chi connectivity index (χ0) is 20.0. The van der Waals surface area contributed by atoms with Gasteiger partial charge < -0.3 is 4.90 Å². The zero-order valence-electron chi connectivity index (χ0n) is 16.8. The number of H-pyrrole nitrogens is 1. The summed E-state index contributed by atoms with van der Waals surface area (Å²) in [5, 5.41) is 11.4. The van der Waals surface area contributed by atoms with Gasteiger partial charge in [-0.2, -0.15) is 15.4 Å². The van der Waals surface area contributed by atoms with E-state index in [9.17, 15) is 0 Å². The van der Waals surface area contributed by atoms with E-state index in [1.54, 1.807) is 0 Å². The molecule has 146 valence electrons. The number of aryl methyl sites for hydroxylation is 1. The van der Waals surface area contributed by atoms with E-state index < -0.39 is 0 Å². The Hall–Kier alpha value is -3.35. The second-order valence-corrected chi connectivity index (χ2v) is 8.18. The van der Waals surface area contributed by atoms with E-state index in [2.05, 4.69) is 50.2 Å². The molecule has 4 aromatic heterocycles. The van der Waals surface area contributed by atoms with E-state index in [4.69, 9.17) is 4.98 Å². The normalized spacial score (nSPS) is 15.9. The highest BCUT2D eigenvalue weighted by atomic mass is 15.3. The minimum absolute atomic E-state index is 0.142. The van der Waals surface area contributed by atoms with E-state index >= 15 is 0 Å². The molecule has 1 aliphatic rings. The Kier molecular flexibility index (Phi) is 4.04. The molecular weight excluding hydrogens is 362 g/mol. The first-order valence-electron chi connectivity index (χ1n) is 9.91. The zero-order valence-corrected chi connectivity index (χ0v) is 16.8. The van der Waals surface area contributed by atoms with Crippen LogP contribution in [-0.2, 0) is 0 Å². The van der Waals surface area contributed by atoms with Crippen LogP contribution in [0.4, 0.5) is 5.69 Å². The molecule has 0 unspecified atom stereocenters. The maximum Gasteiger partial charge on any atom is 0.140 e. The first-order valence-corrected chi connectivity index (χ1v) is 9.91. The molecule has 0 aromatic carbocycles. The lowest BCUT2D eigenvalue weighted by Gasteiger charge is -2.33. The van der Waals surface area contributed by atoms with Crippen molar-refractivity contribution >= 4 is 16.7 Å². The van der Waals surface area contributed by atoms with Crippen molar-refractivity contribution in [3.05, 3.63) is 48.3 Å². The van der Waals surface area contributed by atoms with Gasteiger partial charge in [-0.05, 0) is 63.9 Å². The Bertz CT molecular complexity index is 1190. The van der Waals surface area contributed by atoms with Gasteiger partial charge in [0.1, 0.15) is 11.4 Å². The van der Waals surface area contributed by atoms with Crippen molar-refractivity contribution in [1.82, 2.24) is 30.4 Å². The van der Waals surface area contributed by atoms with E-state index in [-0.39, 0.29) is 5.54 Å². The lowest BCUT2D eigenvalue weighted by Crippen LogP contribution is -2.38. The van der Waals surface area contributed by atoms with Gasteiger partial charge in [-0.15, -0.1) is 0 Å². The summed E-state index contributed by atoms with van der Waals surface area (Å²) in [5.74, 6) is 0. The molecule has 5 rings (SSSR count). The average Bonchev–Trinajstić information content (AvgIpc) is 3.33. The predicted octanol–water partition coefficient (Wildman–Crippen LogP) is 4.16. The van der Waals surface area contributed by atoms with Gasteiger partial charge in [-0.25, -0.2) is 4.98 Å². The van der Waals surface area contributed by atoms with Crippen molar-refractivity contribution in [2.45, 2.75) is 39.2 Å². The van der Waals surface area contributed by atoms with E-state index in [0.717, 1.165) is 40.3 Å². The lowest BCUT2D eigenvalue weighted by molar-refractivity contribution is 0.518. The molecule has 1 fully saturated rings. The number of hydrogen-bond acceptors (Lipinski definition) is 6. The molecule has 7 heteroatoms. The van der Waals surface area contributed by atoms with Gasteiger partial charge in [0, 0.05) is 17.8 Å². The number of anilines is 1. The Morgan fingerprint density at radius 2 is 1.76 bits per heavy atom. The summed E-state index contributed by atoms with van der Waals surface area (Å²) in [5.41, 5.74) is 6.84. The van der Waals surface area contributed by atoms with Crippen molar-refractivity contribution < 1.29 is 0 Å². The van der Waals surface area contributed by atoms with Gasteiger partial charge >= 0.3 is 0 Å². The molecule has 0 amide bonds. The molecule has 0 spiro atoms. The summed E-state index contributed by atoms with van der Waals surface area (Å²) in [6.45, 7) is 7.58. The van der Waals surface area contributed by atoms with Crippen LogP contribution in [0.2, 0.25) is 0 Å². The Balaban J connectivity index is 1.58. The number of rotatable bonds is 3. The molecule has 0 saturated carbocycles. The molecule has 1 aliphatic heterocycles. The molecule has 0 atom stereocenters. The first-order chi connectivity index (χ1) is 14.0. The molecular formula is C22H23N7. The van der Waals surface area contributed by atoms with Gasteiger partial charge in [0.2, 0.25) is 0 Å². The standard InChI is InChI=1S/C22H23N7/c1-14-6-4-7-17(24-14)20-21(27-28-26-20)18-9-8-16-19(25-18)12-15(13-23-16)29-11-5-10-22(29,2)3/h4,6-9,12-13H,5,10-11H2,1-3H3,(H,26,27,28). The summed E-state index contributed by atoms with van der Waals surface area (Å²) < 4.78 is 0. The van der Waals surface area contributed by atoms with Crippen molar-refractivity contribution in [3.8, 4) is 22.8 Å². The number of nitrogens with one attached hydrogen (secondary N) is 1. The number of aromatic amines is 1. The lowest BCUT2D eigenvalue weighted by atomic mass is 10.0. The molecule has 1 saturated heterocycles. The van der Waals surface area contributed by atoms with Gasteiger partial charge in [0.25, 0.3) is 0 Å². The highest BCUT2D eigenvalue weighted by Crippen LogP contribution is 2.34. The minimum atomic E-state index is 0.142. The third-order valence-electron chi connectivity index (χ3n) is 5.66. The third-order valence-corrected chi connectivity index (χ3v) is 5.66. The average molecular weight is 385 g/mol. The maximum atomic E-state index is 4.87. The summed E-state index contributed by atoms with van der Waals surface area (Å²) in [6, 6.07) is 11.9. The number of aromatic nitrogens is 6. The van der Waals surface area contributed by atoms with E-state index in [1.807, 2.05) is 43.5 Å².